The molecular formula is C14H12FN3S2. The van der Waals surface area contributed by atoms with Gasteiger partial charge in [0.25, 0.3) is 0 Å². The zero-order valence-corrected chi connectivity index (χ0v) is 12.3. The highest BCUT2D eigenvalue weighted by atomic mass is 32.2. The Hall–Kier alpha value is -1.66. The molecule has 1 aromatic carbocycles. The lowest BCUT2D eigenvalue weighted by Gasteiger charge is -2.09. The molecule has 0 spiro atoms. The lowest BCUT2D eigenvalue weighted by molar-refractivity contribution is 0.611. The summed E-state index contributed by atoms with van der Waals surface area (Å²) in [5.41, 5.74) is 0.667. The van der Waals surface area contributed by atoms with Gasteiger partial charge in [-0.2, -0.15) is 0 Å². The second-order valence-corrected chi connectivity index (χ2v) is 6.48. The molecule has 1 atom stereocenters. The first kappa shape index (κ1) is 13.3. The predicted molar refractivity (Wildman–Crippen MR) is 80.4 cm³/mol. The van der Waals surface area contributed by atoms with E-state index in [1.807, 2.05) is 30.5 Å². The number of H-pyrrole nitrogens is 1. The third-order valence-electron chi connectivity index (χ3n) is 2.84. The van der Waals surface area contributed by atoms with Crippen LogP contribution in [0.5, 0.6) is 0 Å². The maximum absolute atomic E-state index is 13.7. The standard InChI is InChI=1S/C14H12FN3S2/c1-9(10-5-2-3-6-11(10)15)20-14-16-13(17-18-14)12-7-4-8-19-12/h2-9H,1H3,(H,16,17,18). The number of rotatable bonds is 4. The lowest BCUT2D eigenvalue weighted by Crippen LogP contribution is -1.93. The average molecular weight is 305 g/mol. The van der Waals surface area contributed by atoms with Gasteiger partial charge in [0.05, 0.1) is 4.88 Å². The molecule has 2 aromatic heterocycles. The van der Waals surface area contributed by atoms with Gasteiger partial charge in [0.2, 0.25) is 5.16 Å². The Morgan fingerprint density at radius 3 is 2.85 bits per heavy atom. The summed E-state index contributed by atoms with van der Waals surface area (Å²) in [4.78, 5) is 5.48. The molecule has 0 amide bonds. The molecule has 0 aliphatic heterocycles. The van der Waals surface area contributed by atoms with Gasteiger partial charge in [-0.05, 0) is 24.4 Å². The lowest BCUT2D eigenvalue weighted by atomic mass is 10.1. The minimum absolute atomic E-state index is 0.0387. The number of nitrogens with one attached hydrogen (secondary N) is 1. The largest absolute Gasteiger partial charge is 0.257 e. The molecule has 20 heavy (non-hydrogen) atoms. The van der Waals surface area contributed by atoms with Crippen molar-refractivity contribution in [3.05, 3.63) is 53.2 Å². The molecule has 0 radical (unpaired) electrons. The number of thioether (sulfide) groups is 1. The van der Waals surface area contributed by atoms with Gasteiger partial charge in [0.15, 0.2) is 5.82 Å². The summed E-state index contributed by atoms with van der Waals surface area (Å²) < 4.78 is 13.7. The Balaban J connectivity index is 1.77. The molecule has 1 unspecified atom stereocenters. The topological polar surface area (TPSA) is 41.6 Å². The summed E-state index contributed by atoms with van der Waals surface area (Å²) in [5.74, 6) is 0.560. The molecule has 6 heteroatoms. The van der Waals surface area contributed by atoms with E-state index in [0.29, 0.717) is 10.7 Å². The molecule has 0 fully saturated rings. The third kappa shape index (κ3) is 2.76. The van der Waals surface area contributed by atoms with Crippen LogP contribution in [0.3, 0.4) is 0 Å². The van der Waals surface area contributed by atoms with Gasteiger partial charge >= 0.3 is 0 Å². The van der Waals surface area contributed by atoms with Crippen molar-refractivity contribution in [3.8, 4) is 10.7 Å². The number of hydrogen-bond donors (Lipinski definition) is 1. The van der Waals surface area contributed by atoms with Crippen LogP contribution in [0.2, 0.25) is 0 Å². The third-order valence-corrected chi connectivity index (χ3v) is 4.72. The van der Waals surface area contributed by atoms with E-state index < -0.39 is 0 Å². The maximum atomic E-state index is 13.7. The first-order valence-electron chi connectivity index (χ1n) is 6.11. The second kappa shape index (κ2) is 5.76. The number of nitrogens with zero attached hydrogens (tertiary/aromatic N) is 2. The number of benzene rings is 1. The van der Waals surface area contributed by atoms with Crippen LogP contribution in [0.25, 0.3) is 10.7 Å². The molecule has 0 saturated carbocycles. The van der Waals surface area contributed by atoms with Gasteiger partial charge in [-0.15, -0.1) is 16.4 Å². The Labute approximate surface area is 124 Å². The van der Waals surface area contributed by atoms with E-state index in [9.17, 15) is 4.39 Å². The summed E-state index contributed by atoms with van der Waals surface area (Å²) in [7, 11) is 0. The molecule has 1 N–H and O–H groups in total. The molecule has 3 aromatic rings. The Bertz CT molecular complexity index is 694. The summed E-state index contributed by atoms with van der Waals surface area (Å²) in [6.07, 6.45) is 0. The van der Waals surface area contributed by atoms with Crippen molar-refractivity contribution in [1.29, 1.82) is 0 Å². The fourth-order valence-corrected chi connectivity index (χ4v) is 3.39. The van der Waals surface area contributed by atoms with E-state index in [0.717, 1.165) is 10.7 Å². The minimum Gasteiger partial charge on any atom is -0.257 e. The summed E-state index contributed by atoms with van der Waals surface area (Å²) >= 11 is 3.04. The number of halogens is 1. The Morgan fingerprint density at radius 2 is 2.10 bits per heavy atom. The molecule has 0 aliphatic carbocycles. The van der Waals surface area contributed by atoms with E-state index in [4.69, 9.17) is 0 Å². The van der Waals surface area contributed by atoms with Crippen LogP contribution in [0.1, 0.15) is 17.7 Å². The van der Waals surface area contributed by atoms with Crippen molar-refractivity contribution in [2.24, 2.45) is 0 Å². The molecule has 102 valence electrons. The van der Waals surface area contributed by atoms with Crippen LogP contribution >= 0.6 is 23.1 Å². The van der Waals surface area contributed by atoms with Crippen LogP contribution in [0.4, 0.5) is 4.39 Å². The first-order chi connectivity index (χ1) is 9.74. The van der Waals surface area contributed by atoms with Gasteiger partial charge < -0.3 is 0 Å². The van der Waals surface area contributed by atoms with Gasteiger partial charge in [-0.1, -0.05) is 36.0 Å². The summed E-state index contributed by atoms with van der Waals surface area (Å²) in [5, 5.41) is 9.68. The first-order valence-corrected chi connectivity index (χ1v) is 7.87. The van der Waals surface area contributed by atoms with Gasteiger partial charge in [0, 0.05) is 10.8 Å². The quantitative estimate of drug-likeness (QED) is 0.720. The molecule has 0 bridgehead atoms. The summed E-state index contributed by atoms with van der Waals surface area (Å²) in [6.45, 7) is 1.95. The van der Waals surface area contributed by atoms with E-state index in [2.05, 4.69) is 15.2 Å². The van der Waals surface area contributed by atoms with Crippen LogP contribution in [-0.4, -0.2) is 15.2 Å². The number of aromatic nitrogens is 3. The number of thiophene rings is 1. The zero-order chi connectivity index (χ0) is 13.9. The van der Waals surface area contributed by atoms with Gasteiger partial charge in [-0.25, -0.2) is 9.37 Å². The minimum atomic E-state index is -0.193. The van der Waals surface area contributed by atoms with Crippen molar-refractivity contribution in [1.82, 2.24) is 15.2 Å². The molecule has 0 aliphatic rings. The smallest absolute Gasteiger partial charge is 0.209 e. The van der Waals surface area contributed by atoms with E-state index in [-0.39, 0.29) is 11.1 Å². The average Bonchev–Trinajstić information content (AvgIpc) is 3.09. The molecular weight excluding hydrogens is 293 g/mol. The number of aromatic amines is 1. The SMILES string of the molecule is CC(Sc1n[nH]c(-c2cccs2)n1)c1ccccc1F. The van der Waals surface area contributed by atoms with Crippen LogP contribution in [0.15, 0.2) is 46.9 Å². The Morgan fingerprint density at radius 1 is 1.25 bits per heavy atom. The second-order valence-electron chi connectivity index (χ2n) is 4.23. The van der Waals surface area contributed by atoms with Crippen molar-refractivity contribution < 1.29 is 4.39 Å². The monoisotopic (exact) mass is 305 g/mol. The molecule has 0 saturated heterocycles. The highest BCUT2D eigenvalue weighted by molar-refractivity contribution is 7.99. The fraction of sp³-hybridized carbons (Fsp3) is 0.143. The van der Waals surface area contributed by atoms with Gasteiger partial charge in [0.1, 0.15) is 5.82 Å². The van der Waals surface area contributed by atoms with E-state index >= 15 is 0 Å². The highest BCUT2D eigenvalue weighted by Crippen LogP contribution is 2.34. The molecule has 2 heterocycles. The Kier molecular flexibility index (Phi) is 3.84. The fourth-order valence-electron chi connectivity index (χ4n) is 1.85. The molecule has 3 nitrogen and oxygen atoms in total. The highest BCUT2D eigenvalue weighted by Gasteiger charge is 2.15. The number of hydrogen-bond acceptors (Lipinski definition) is 4. The maximum Gasteiger partial charge on any atom is 0.209 e. The zero-order valence-electron chi connectivity index (χ0n) is 10.7. The predicted octanol–water partition coefficient (Wildman–Crippen LogP) is 4.53. The molecule has 3 rings (SSSR count). The van der Waals surface area contributed by atoms with Crippen molar-refractivity contribution in [3.63, 3.8) is 0 Å². The van der Waals surface area contributed by atoms with E-state index in [1.54, 1.807) is 23.5 Å². The van der Waals surface area contributed by atoms with Crippen molar-refractivity contribution in [2.45, 2.75) is 17.3 Å². The summed E-state index contributed by atoms with van der Waals surface area (Å²) in [6, 6.07) is 10.8. The van der Waals surface area contributed by atoms with Crippen molar-refractivity contribution in [2.75, 3.05) is 0 Å². The van der Waals surface area contributed by atoms with E-state index in [1.165, 1.54) is 17.8 Å². The van der Waals surface area contributed by atoms with Crippen LogP contribution < -0.4 is 0 Å². The van der Waals surface area contributed by atoms with Crippen molar-refractivity contribution >= 4 is 23.1 Å². The van der Waals surface area contributed by atoms with Crippen LogP contribution in [-0.2, 0) is 0 Å². The van der Waals surface area contributed by atoms with Crippen LogP contribution in [0, 0.1) is 5.82 Å². The van der Waals surface area contributed by atoms with Gasteiger partial charge in [-0.3, -0.25) is 5.10 Å². The normalized spacial score (nSPS) is 12.5.